The minimum atomic E-state index is -0.116. The topological polar surface area (TPSA) is 29.5 Å². The van der Waals surface area contributed by atoms with Crippen molar-refractivity contribution >= 4 is 0 Å². The van der Waals surface area contributed by atoms with Gasteiger partial charge in [0.1, 0.15) is 11.9 Å². The highest BCUT2D eigenvalue weighted by Gasteiger charge is 2.11. The Labute approximate surface area is 54.5 Å². The maximum Gasteiger partial charge on any atom is 0.121 e. The molecule has 9 heavy (non-hydrogen) atoms. The average molecular weight is 126 g/mol. The molecular formula is C7H10O2. The summed E-state index contributed by atoms with van der Waals surface area (Å²) in [6.07, 6.45) is 6.10. The molecule has 0 aromatic rings. The number of rotatable bonds is 1. The van der Waals surface area contributed by atoms with E-state index in [-0.39, 0.29) is 6.10 Å². The number of methoxy groups -OCH3 is 1. The lowest BCUT2D eigenvalue weighted by molar-refractivity contribution is 0.0943. The fourth-order valence-electron chi connectivity index (χ4n) is 0.814. The van der Waals surface area contributed by atoms with Crippen LogP contribution in [0.15, 0.2) is 24.0 Å². The number of hydrogen-bond donors (Lipinski definition) is 1. The third-order valence-electron chi connectivity index (χ3n) is 1.37. The van der Waals surface area contributed by atoms with Crippen LogP contribution in [0.4, 0.5) is 0 Å². The van der Waals surface area contributed by atoms with Crippen molar-refractivity contribution in [1.82, 2.24) is 0 Å². The number of allylic oxidation sites excluding steroid dienone is 2. The average Bonchev–Trinajstić information content (AvgIpc) is 1.89. The van der Waals surface area contributed by atoms with Crippen LogP contribution in [0.3, 0.4) is 0 Å². The lowest BCUT2D eigenvalue weighted by atomic mass is 10.1. The van der Waals surface area contributed by atoms with E-state index in [1.54, 1.807) is 13.2 Å². The molecule has 0 fully saturated rings. The Morgan fingerprint density at radius 1 is 1.78 bits per heavy atom. The number of aliphatic hydroxyl groups excluding tert-OH is 1. The molecule has 0 heterocycles. The molecule has 0 radical (unpaired) electrons. The second kappa shape index (κ2) is 2.69. The Balaban J connectivity index is 2.59. The number of aliphatic hydroxyl groups is 1. The fourth-order valence-corrected chi connectivity index (χ4v) is 0.814. The van der Waals surface area contributed by atoms with Crippen molar-refractivity contribution in [2.24, 2.45) is 0 Å². The van der Waals surface area contributed by atoms with Crippen molar-refractivity contribution in [2.75, 3.05) is 7.11 Å². The van der Waals surface area contributed by atoms with Crippen LogP contribution < -0.4 is 0 Å². The van der Waals surface area contributed by atoms with E-state index < -0.39 is 0 Å². The minimum Gasteiger partial charge on any atom is -0.510 e. The Morgan fingerprint density at radius 2 is 2.56 bits per heavy atom. The molecule has 2 heteroatoms. The van der Waals surface area contributed by atoms with Gasteiger partial charge in [-0.05, 0) is 12.5 Å². The molecule has 0 bridgehead atoms. The smallest absolute Gasteiger partial charge is 0.121 e. The van der Waals surface area contributed by atoms with Crippen LogP contribution >= 0.6 is 0 Å². The van der Waals surface area contributed by atoms with Crippen LogP contribution in [-0.4, -0.2) is 18.3 Å². The number of ether oxygens (including phenoxy) is 1. The Kier molecular flexibility index (Phi) is 1.90. The molecule has 0 saturated heterocycles. The van der Waals surface area contributed by atoms with Crippen molar-refractivity contribution in [3.8, 4) is 0 Å². The van der Waals surface area contributed by atoms with Crippen LogP contribution in [-0.2, 0) is 4.74 Å². The molecule has 0 aromatic carbocycles. The summed E-state index contributed by atoms with van der Waals surface area (Å²) in [4.78, 5) is 0. The van der Waals surface area contributed by atoms with Gasteiger partial charge >= 0.3 is 0 Å². The molecule has 50 valence electrons. The Hall–Kier alpha value is -0.760. The Morgan fingerprint density at radius 3 is 3.00 bits per heavy atom. The maximum atomic E-state index is 9.05. The largest absolute Gasteiger partial charge is 0.510 e. The van der Waals surface area contributed by atoms with Gasteiger partial charge in [0.25, 0.3) is 0 Å². The second-order valence-electron chi connectivity index (χ2n) is 1.98. The third kappa shape index (κ3) is 1.33. The SMILES string of the molecule is COC1CC=CC=C1O. The Bertz CT molecular complexity index is 147. The van der Waals surface area contributed by atoms with Crippen molar-refractivity contribution in [1.29, 1.82) is 0 Å². The van der Waals surface area contributed by atoms with E-state index >= 15 is 0 Å². The minimum absolute atomic E-state index is 0.116. The van der Waals surface area contributed by atoms with E-state index in [1.165, 1.54) is 0 Å². The van der Waals surface area contributed by atoms with E-state index in [9.17, 15) is 0 Å². The molecule has 1 atom stereocenters. The van der Waals surface area contributed by atoms with Crippen molar-refractivity contribution in [2.45, 2.75) is 12.5 Å². The second-order valence-corrected chi connectivity index (χ2v) is 1.98. The van der Waals surface area contributed by atoms with Gasteiger partial charge < -0.3 is 9.84 Å². The highest BCUT2D eigenvalue weighted by atomic mass is 16.5. The van der Waals surface area contributed by atoms with Crippen LogP contribution in [0, 0.1) is 0 Å². The van der Waals surface area contributed by atoms with Crippen molar-refractivity contribution < 1.29 is 9.84 Å². The monoisotopic (exact) mass is 126 g/mol. The van der Waals surface area contributed by atoms with Crippen molar-refractivity contribution in [3.63, 3.8) is 0 Å². The highest BCUT2D eigenvalue weighted by molar-refractivity contribution is 5.16. The van der Waals surface area contributed by atoms with E-state index in [0.29, 0.717) is 5.76 Å². The number of hydrogen-bond acceptors (Lipinski definition) is 2. The maximum absolute atomic E-state index is 9.05. The molecule has 0 saturated carbocycles. The lowest BCUT2D eigenvalue weighted by Gasteiger charge is -2.13. The molecule has 0 amide bonds. The standard InChI is InChI=1S/C7H10O2/c1-9-7-5-3-2-4-6(7)8/h2-4,7-8H,5H2,1H3. The van der Waals surface area contributed by atoms with E-state index in [0.717, 1.165) is 6.42 Å². The molecule has 1 N–H and O–H groups in total. The van der Waals surface area contributed by atoms with Crippen LogP contribution in [0.25, 0.3) is 0 Å². The van der Waals surface area contributed by atoms with Gasteiger partial charge in [-0.15, -0.1) is 0 Å². The van der Waals surface area contributed by atoms with Crippen LogP contribution in [0.5, 0.6) is 0 Å². The van der Waals surface area contributed by atoms with Crippen molar-refractivity contribution in [3.05, 3.63) is 24.0 Å². The molecule has 2 nitrogen and oxygen atoms in total. The summed E-state index contributed by atoms with van der Waals surface area (Å²) in [6, 6.07) is 0. The van der Waals surface area contributed by atoms with Crippen LogP contribution in [0.2, 0.25) is 0 Å². The van der Waals surface area contributed by atoms with E-state index in [2.05, 4.69) is 0 Å². The van der Waals surface area contributed by atoms with Crippen LogP contribution in [0.1, 0.15) is 6.42 Å². The first-order valence-corrected chi connectivity index (χ1v) is 2.93. The summed E-state index contributed by atoms with van der Waals surface area (Å²) in [7, 11) is 1.59. The molecule has 0 spiro atoms. The first kappa shape index (κ1) is 6.36. The molecule has 1 unspecified atom stereocenters. The first-order chi connectivity index (χ1) is 4.34. The zero-order valence-electron chi connectivity index (χ0n) is 5.37. The van der Waals surface area contributed by atoms with Gasteiger partial charge in [-0.25, -0.2) is 0 Å². The van der Waals surface area contributed by atoms with E-state index in [1.807, 2.05) is 12.2 Å². The zero-order valence-corrected chi connectivity index (χ0v) is 5.37. The summed E-state index contributed by atoms with van der Waals surface area (Å²) in [5, 5.41) is 9.05. The molecule has 1 rings (SSSR count). The predicted molar refractivity (Wildman–Crippen MR) is 35.3 cm³/mol. The highest BCUT2D eigenvalue weighted by Crippen LogP contribution is 2.12. The molecule has 1 aliphatic rings. The van der Waals surface area contributed by atoms with Gasteiger partial charge in [0.15, 0.2) is 0 Å². The lowest BCUT2D eigenvalue weighted by Crippen LogP contribution is -2.13. The van der Waals surface area contributed by atoms with Gasteiger partial charge in [-0.1, -0.05) is 12.2 Å². The molecular weight excluding hydrogens is 116 g/mol. The van der Waals surface area contributed by atoms with Gasteiger partial charge in [0.05, 0.1) is 0 Å². The summed E-state index contributed by atoms with van der Waals surface area (Å²) in [6.45, 7) is 0. The molecule has 0 aliphatic heterocycles. The van der Waals surface area contributed by atoms with Gasteiger partial charge in [-0.2, -0.15) is 0 Å². The van der Waals surface area contributed by atoms with Gasteiger partial charge in [0, 0.05) is 7.11 Å². The van der Waals surface area contributed by atoms with Gasteiger partial charge in [-0.3, -0.25) is 0 Å². The quantitative estimate of drug-likeness (QED) is 0.575. The van der Waals surface area contributed by atoms with E-state index in [4.69, 9.17) is 9.84 Å². The predicted octanol–water partition coefficient (Wildman–Crippen LogP) is 1.40. The molecule has 0 aromatic heterocycles. The summed E-state index contributed by atoms with van der Waals surface area (Å²) >= 11 is 0. The zero-order chi connectivity index (χ0) is 6.69. The third-order valence-corrected chi connectivity index (χ3v) is 1.37. The van der Waals surface area contributed by atoms with Gasteiger partial charge in [0.2, 0.25) is 0 Å². The normalized spacial score (nSPS) is 25.9. The fraction of sp³-hybridized carbons (Fsp3) is 0.429. The summed E-state index contributed by atoms with van der Waals surface area (Å²) < 4.78 is 4.93. The summed E-state index contributed by atoms with van der Waals surface area (Å²) in [5.74, 6) is 0.319. The summed E-state index contributed by atoms with van der Waals surface area (Å²) in [5.41, 5.74) is 0. The molecule has 1 aliphatic carbocycles. The first-order valence-electron chi connectivity index (χ1n) is 2.93.